The van der Waals surface area contributed by atoms with Crippen LogP contribution < -0.4 is 0 Å². The van der Waals surface area contributed by atoms with E-state index in [9.17, 15) is 14.4 Å². The molecule has 1 unspecified atom stereocenters. The van der Waals surface area contributed by atoms with Crippen molar-refractivity contribution in [3.8, 4) is 0 Å². The highest BCUT2D eigenvalue weighted by Gasteiger charge is 2.19. The number of ether oxygens (including phenoxy) is 3. The Morgan fingerprint density at radius 3 is 0.846 bits per heavy atom. The van der Waals surface area contributed by atoms with Gasteiger partial charge in [0.25, 0.3) is 0 Å². The van der Waals surface area contributed by atoms with Gasteiger partial charge in [0.15, 0.2) is 6.10 Å². The van der Waals surface area contributed by atoms with Crippen molar-refractivity contribution >= 4 is 17.9 Å². The van der Waals surface area contributed by atoms with Crippen LogP contribution in [-0.4, -0.2) is 37.2 Å². The van der Waals surface area contributed by atoms with Gasteiger partial charge in [-0.05, 0) is 51.4 Å². The third kappa shape index (κ3) is 52.7. The van der Waals surface area contributed by atoms with Gasteiger partial charge in [-0.1, -0.05) is 270 Å². The van der Waals surface area contributed by atoms with E-state index in [1.807, 2.05) is 0 Å². The second kappa shape index (κ2) is 54.5. The number of esters is 3. The zero-order valence-corrected chi connectivity index (χ0v) is 43.8. The minimum atomic E-state index is -0.763. The van der Waals surface area contributed by atoms with Gasteiger partial charge in [0.05, 0.1) is 0 Å². The quantitative estimate of drug-likeness (QED) is 0.0262. The fraction of sp³-hybridized carbons (Fsp3) is 0.881. The Kier molecular flexibility index (Phi) is 52.7. The van der Waals surface area contributed by atoms with Gasteiger partial charge in [-0.15, -0.1) is 0 Å². The van der Waals surface area contributed by atoms with E-state index in [2.05, 4.69) is 45.1 Å². The first kappa shape index (κ1) is 62.9. The van der Waals surface area contributed by atoms with Crippen LogP contribution in [0.25, 0.3) is 0 Å². The van der Waals surface area contributed by atoms with Crippen LogP contribution in [0.2, 0.25) is 0 Å². The first-order valence-corrected chi connectivity index (χ1v) is 28.8. The Bertz CT molecular complexity index is 1050. The molecule has 1 atom stereocenters. The van der Waals surface area contributed by atoms with Crippen molar-refractivity contribution in [3.63, 3.8) is 0 Å². The van der Waals surface area contributed by atoms with Crippen molar-refractivity contribution in [1.29, 1.82) is 0 Å². The molecule has 0 amide bonds. The number of hydrogen-bond acceptors (Lipinski definition) is 6. The SMILES string of the molecule is CCCCCCC/C=C\C/C=C\CCCCCCCCCCCCCCCCCC(=O)OCC(COC(=O)CCCCCCCCC)OC(=O)CCCCCCCCCCCCCCC. The molecule has 0 saturated heterocycles. The van der Waals surface area contributed by atoms with Crippen LogP contribution in [0.3, 0.4) is 0 Å². The molecule has 65 heavy (non-hydrogen) atoms. The van der Waals surface area contributed by atoms with Crippen LogP contribution in [0.5, 0.6) is 0 Å². The van der Waals surface area contributed by atoms with Gasteiger partial charge in [-0.25, -0.2) is 0 Å². The monoisotopic (exact) mass is 915 g/mol. The molecular weight excluding hydrogens is 805 g/mol. The molecule has 0 aromatic carbocycles. The van der Waals surface area contributed by atoms with Crippen LogP contribution >= 0.6 is 0 Å². The van der Waals surface area contributed by atoms with E-state index in [0.29, 0.717) is 19.3 Å². The first-order chi connectivity index (χ1) is 32.0. The van der Waals surface area contributed by atoms with Gasteiger partial charge in [0, 0.05) is 19.3 Å². The second-order valence-electron chi connectivity index (χ2n) is 19.6. The minimum Gasteiger partial charge on any atom is -0.462 e. The summed E-state index contributed by atoms with van der Waals surface area (Å²) in [4.78, 5) is 37.9. The van der Waals surface area contributed by atoms with Gasteiger partial charge >= 0.3 is 17.9 Å². The molecular formula is C59H110O6. The molecule has 0 aliphatic rings. The second-order valence-corrected chi connectivity index (χ2v) is 19.6. The average Bonchev–Trinajstić information content (AvgIpc) is 3.30. The standard InChI is InChI=1S/C59H110O6/c1-4-7-10-13-16-18-20-22-23-24-25-26-27-28-29-30-31-32-33-34-35-37-38-40-43-46-49-52-58(61)64-55-56(54-63-57(60)51-48-45-42-15-12-9-6-3)65-59(62)53-50-47-44-41-39-36-21-19-17-14-11-8-5-2/h20,22,24-25,56H,4-19,21,23,26-55H2,1-3H3/b22-20-,25-24-. The molecule has 6 nitrogen and oxygen atoms in total. The highest BCUT2D eigenvalue weighted by atomic mass is 16.6. The Hall–Kier alpha value is -2.11. The number of hydrogen-bond donors (Lipinski definition) is 0. The minimum absolute atomic E-state index is 0.0659. The Balaban J connectivity index is 4.04. The van der Waals surface area contributed by atoms with Crippen molar-refractivity contribution in [1.82, 2.24) is 0 Å². The summed E-state index contributed by atoms with van der Waals surface area (Å²) in [5.74, 6) is -0.855. The maximum absolute atomic E-state index is 12.8. The van der Waals surface area contributed by atoms with E-state index in [-0.39, 0.29) is 31.1 Å². The van der Waals surface area contributed by atoms with E-state index >= 15 is 0 Å². The molecule has 0 fully saturated rings. The summed E-state index contributed by atoms with van der Waals surface area (Å²) in [5, 5.41) is 0. The van der Waals surface area contributed by atoms with E-state index in [1.54, 1.807) is 0 Å². The summed E-state index contributed by atoms with van der Waals surface area (Å²) in [5.41, 5.74) is 0. The van der Waals surface area contributed by atoms with Crippen molar-refractivity contribution in [2.75, 3.05) is 13.2 Å². The van der Waals surface area contributed by atoms with Crippen LogP contribution in [0.4, 0.5) is 0 Å². The summed E-state index contributed by atoms with van der Waals surface area (Å²) in [6.07, 6.45) is 63.4. The van der Waals surface area contributed by atoms with Gasteiger partial charge in [0.2, 0.25) is 0 Å². The lowest BCUT2D eigenvalue weighted by molar-refractivity contribution is -0.167. The predicted molar refractivity (Wildman–Crippen MR) is 279 cm³/mol. The van der Waals surface area contributed by atoms with Gasteiger partial charge in [0.1, 0.15) is 13.2 Å². The maximum atomic E-state index is 12.8. The number of carbonyl (C=O) groups is 3. The van der Waals surface area contributed by atoms with Crippen molar-refractivity contribution in [3.05, 3.63) is 24.3 Å². The maximum Gasteiger partial charge on any atom is 0.306 e. The lowest BCUT2D eigenvalue weighted by Crippen LogP contribution is -2.30. The lowest BCUT2D eigenvalue weighted by Gasteiger charge is -2.18. The molecule has 0 spiro atoms. The molecule has 0 radical (unpaired) electrons. The van der Waals surface area contributed by atoms with E-state index < -0.39 is 6.10 Å². The molecule has 0 bridgehead atoms. The smallest absolute Gasteiger partial charge is 0.306 e. The third-order valence-electron chi connectivity index (χ3n) is 13.0. The number of unbranched alkanes of at least 4 members (excludes halogenated alkanes) is 38. The summed E-state index contributed by atoms with van der Waals surface area (Å²) in [7, 11) is 0. The zero-order valence-electron chi connectivity index (χ0n) is 43.8. The molecule has 0 aromatic heterocycles. The lowest BCUT2D eigenvalue weighted by atomic mass is 10.0. The van der Waals surface area contributed by atoms with Crippen molar-refractivity contribution in [2.45, 2.75) is 322 Å². The fourth-order valence-electron chi connectivity index (χ4n) is 8.59. The summed E-state index contributed by atoms with van der Waals surface area (Å²) in [6.45, 7) is 6.62. The normalized spacial score (nSPS) is 12.1. The molecule has 0 rings (SSSR count). The van der Waals surface area contributed by atoms with Crippen molar-refractivity contribution in [2.24, 2.45) is 0 Å². The van der Waals surface area contributed by atoms with E-state index in [4.69, 9.17) is 14.2 Å². The highest BCUT2D eigenvalue weighted by Crippen LogP contribution is 2.17. The number of rotatable bonds is 53. The van der Waals surface area contributed by atoms with Gasteiger partial charge in [-0.2, -0.15) is 0 Å². The van der Waals surface area contributed by atoms with Crippen molar-refractivity contribution < 1.29 is 28.6 Å². The van der Waals surface area contributed by atoms with Crippen LogP contribution in [-0.2, 0) is 28.6 Å². The third-order valence-corrected chi connectivity index (χ3v) is 13.0. The molecule has 0 aromatic rings. The highest BCUT2D eigenvalue weighted by molar-refractivity contribution is 5.71. The summed E-state index contributed by atoms with van der Waals surface area (Å²) >= 11 is 0. The fourth-order valence-corrected chi connectivity index (χ4v) is 8.59. The molecule has 0 aliphatic heterocycles. The Morgan fingerprint density at radius 2 is 0.554 bits per heavy atom. The summed E-state index contributed by atoms with van der Waals surface area (Å²) in [6, 6.07) is 0. The average molecular weight is 916 g/mol. The molecule has 0 saturated carbocycles. The Labute approximate surface area is 404 Å². The zero-order chi connectivity index (χ0) is 47.2. The number of allylic oxidation sites excluding steroid dienone is 4. The molecule has 0 heterocycles. The molecule has 6 heteroatoms. The van der Waals surface area contributed by atoms with Gasteiger partial charge in [-0.3, -0.25) is 14.4 Å². The molecule has 0 aliphatic carbocycles. The summed E-state index contributed by atoms with van der Waals surface area (Å²) < 4.78 is 16.8. The first-order valence-electron chi connectivity index (χ1n) is 28.8. The van der Waals surface area contributed by atoms with Crippen LogP contribution in [0.1, 0.15) is 316 Å². The Morgan fingerprint density at radius 1 is 0.308 bits per heavy atom. The van der Waals surface area contributed by atoms with Gasteiger partial charge < -0.3 is 14.2 Å². The van der Waals surface area contributed by atoms with E-state index in [0.717, 1.165) is 64.2 Å². The largest absolute Gasteiger partial charge is 0.462 e. The van der Waals surface area contributed by atoms with Crippen LogP contribution in [0.15, 0.2) is 24.3 Å². The predicted octanol–water partition coefficient (Wildman–Crippen LogP) is 19.1. The molecule has 0 N–H and O–H groups in total. The molecule has 382 valence electrons. The number of carbonyl (C=O) groups excluding carboxylic acids is 3. The van der Waals surface area contributed by atoms with Crippen LogP contribution in [0, 0.1) is 0 Å². The topological polar surface area (TPSA) is 78.9 Å². The van der Waals surface area contributed by atoms with E-state index in [1.165, 1.54) is 212 Å².